The van der Waals surface area contributed by atoms with Gasteiger partial charge in [0.25, 0.3) is 11.4 Å². The minimum Gasteiger partial charge on any atom is -0.457 e. The first kappa shape index (κ1) is 52.4. The van der Waals surface area contributed by atoms with Gasteiger partial charge in [-0.2, -0.15) is 0 Å². The van der Waals surface area contributed by atoms with Crippen molar-refractivity contribution < 1.29 is 4.74 Å². The molecule has 0 saturated heterocycles. The maximum Gasteiger partial charge on any atom is 0.503 e. The number of rotatable bonds is 9. The fraction of sp³-hybridized carbons (Fsp3) is 0.165. The van der Waals surface area contributed by atoms with Crippen LogP contribution in [0.2, 0.25) is 0 Å². The summed E-state index contributed by atoms with van der Waals surface area (Å²) in [5.41, 5.74) is 21.3. The van der Waals surface area contributed by atoms with Gasteiger partial charge in [-0.15, -0.1) is 0 Å². The summed E-state index contributed by atoms with van der Waals surface area (Å²) in [6.45, 7) is 20.6. The molecule has 0 saturated carbocycles. The Bertz CT molecular complexity index is 4600. The van der Waals surface area contributed by atoms with E-state index >= 15 is 0 Å². The predicted octanol–water partition coefficient (Wildman–Crippen LogP) is 20.4. The first-order valence-electron chi connectivity index (χ1n) is 29.4. The highest BCUT2D eigenvalue weighted by Gasteiger charge is 2.47. The molecule has 0 N–H and O–H groups in total. The number of nitrogens with zero attached hydrogens (tertiary/aromatic N) is 4. The maximum absolute atomic E-state index is 6.91. The molecule has 408 valence electrons. The van der Waals surface area contributed by atoms with Gasteiger partial charge in [0.1, 0.15) is 17.3 Å². The molecule has 2 aliphatic rings. The largest absolute Gasteiger partial charge is 0.503 e. The van der Waals surface area contributed by atoms with Crippen LogP contribution in [0, 0.1) is 0 Å². The molecule has 14 rings (SSSR count). The third kappa shape index (κ3) is 8.73. The number of hydrogen-bond donors (Lipinski definition) is 0. The van der Waals surface area contributed by atoms with Crippen LogP contribution >= 0.6 is 0 Å². The Morgan fingerprint density at radius 2 is 0.976 bits per heavy atom. The number of para-hydroxylation sites is 4. The topological polar surface area (TPSA) is 33.1 Å². The van der Waals surface area contributed by atoms with Crippen LogP contribution in [0.4, 0.5) is 22.7 Å². The van der Waals surface area contributed by atoms with Gasteiger partial charge in [0.2, 0.25) is 11.4 Å². The molecule has 0 unspecified atom stereocenters. The number of pyridine rings is 1. The van der Waals surface area contributed by atoms with Crippen molar-refractivity contribution in [1.29, 1.82) is 0 Å². The molecule has 84 heavy (non-hydrogen) atoms. The Kier molecular flexibility index (Phi) is 12.3. The van der Waals surface area contributed by atoms with Crippen molar-refractivity contribution in [3.8, 4) is 50.7 Å². The molecule has 2 aromatic heterocycles. The van der Waals surface area contributed by atoms with E-state index in [4.69, 9.17) is 9.72 Å². The fourth-order valence-corrected chi connectivity index (χ4v) is 13.0. The summed E-state index contributed by atoms with van der Waals surface area (Å²) in [7, 11) is 0. The molecule has 0 radical (unpaired) electrons. The monoisotopic (exact) mass is 1090 g/mol. The van der Waals surface area contributed by atoms with E-state index in [2.05, 4.69) is 319 Å². The van der Waals surface area contributed by atoms with Crippen LogP contribution in [0.1, 0.15) is 101 Å². The van der Waals surface area contributed by atoms with Crippen molar-refractivity contribution in [2.75, 3.05) is 0 Å². The summed E-state index contributed by atoms with van der Waals surface area (Å²) < 4.78 is 13.7. The second-order valence-corrected chi connectivity index (χ2v) is 25.8. The average molecular weight is 1090 g/mol. The standard InChI is InChI=1S/C79H68N4O/c1-76(2,3)56-42-43-80-74(48-56)83-70-35-19-17-31-65(70)66-40-39-61(50-73(66)83)84-60-29-22-28-59(49-60)81-51-82(72-37-21-20-36-71(72)81)75-62(32-23-33-63(75)53-44-57(77(4,5)6)47-58(45-53)78(7,8)9)52-38-41-69-67(46-52)64-30-16-18-34-68(64)79(69,54-24-12-10-13-25-54)55-26-14-11-15-27-55/h10-50H,1-9H3/q+2. The van der Waals surface area contributed by atoms with Gasteiger partial charge in [0, 0.05) is 41.2 Å². The normalized spacial score (nSPS) is 13.6. The zero-order valence-electron chi connectivity index (χ0n) is 49.4. The SMILES string of the molecule is CC(C)(C)c1cc(-c2cccc(-c3ccc4c(c3)-c3ccccc3C4(c3ccccc3)c3ccccc3)c2[N+]2=C=[N+](c3cccc(Oc4ccc5c6ccccc6n(-c6cc(C(C)(C)C)ccn6)c5c4)c3)c3ccccc32)cc(C(C)(C)C)c1. The number of ether oxygens (including phenoxy) is 1. The second kappa shape index (κ2) is 19.8. The molecule has 5 heteroatoms. The van der Waals surface area contributed by atoms with Gasteiger partial charge in [-0.05, 0) is 141 Å². The van der Waals surface area contributed by atoms with E-state index in [0.717, 1.165) is 73.2 Å². The zero-order valence-corrected chi connectivity index (χ0v) is 49.4. The minimum absolute atomic E-state index is 0.0343. The summed E-state index contributed by atoms with van der Waals surface area (Å²) in [5, 5.41) is 2.31. The predicted molar refractivity (Wildman–Crippen MR) is 350 cm³/mol. The van der Waals surface area contributed by atoms with Crippen LogP contribution in [0.5, 0.6) is 11.5 Å². The second-order valence-electron chi connectivity index (χ2n) is 25.8. The lowest BCUT2D eigenvalue weighted by atomic mass is 9.67. The Morgan fingerprint density at radius 1 is 0.405 bits per heavy atom. The van der Waals surface area contributed by atoms with Crippen LogP contribution in [0.15, 0.2) is 249 Å². The van der Waals surface area contributed by atoms with Gasteiger partial charge in [-0.1, -0.05) is 220 Å². The minimum atomic E-state index is -0.508. The third-order valence-corrected chi connectivity index (χ3v) is 17.4. The average Bonchev–Trinajstić information content (AvgIpc) is 1.86. The van der Waals surface area contributed by atoms with Crippen molar-refractivity contribution in [3.05, 3.63) is 288 Å². The quantitative estimate of drug-likeness (QED) is 0.135. The molecule has 0 fully saturated rings. The number of hydrogen-bond acceptors (Lipinski definition) is 2. The molecule has 0 atom stereocenters. The lowest BCUT2D eigenvalue weighted by molar-refractivity contribution is 0.483. The van der Waals surface area contributed by atoms with Gasteiger partial charge in [0.05, 0.1) is 33.6 Å². The van der Waals surface area contributed by atoms with E-state index in [9.17, 15) is 0 Å². The molecule has 0 spiro atoms. The molecule has 10 aromatic carbocycles. The summed E-state index contributed by atoms with van der Waals surface area (Å²) in [6, 6.07) is 92.8. The van der Waals surface area contributed by atoms with E-state index in [-0.39, 0.29) is 16.2 Å². The molecule has 1 aliphatic heterocycles. The van der Waals surface area contributed by atoms with Crippen molar-refractivity contribution in [2.24, 2.45) is 0 Å². The molecule has 0 bridgehead atoms. The highest BCUT2D eigenvalue weighted by atomic mass is 16.5. The van der Waals surface area contributed by atoms with Crippen LogP contribution in [0.25, 0.3) is 61.0 Å². The molecule has 1 aliphatic carbocycles. The van der Waals surface area contributed by atoms with Gasteiger partial charge in [-0.3, -0.25) is 4.57 Å². The van der Waals surface area contributed by atoms with Crippen LogP contribution in [-0.4, -0.2) is 15.6 Å². The summed E-state index contributed by atoms with van der Waals surface area (Å²) >= 11 is 0. The Morgan fingerprint density at radius 3 is 1.68 bits per heavy atom. The first-order chi connectivity index (χ1) is 40.5. The summed E-state index contributed by atoms with van der Waals surface area (Å²) in [6.07, 6.45) is 1.93. The van der Waals surface area contributed by atoms with Crippen molar-refractivity contribution >= 4 is 50.6 Å². The molecule has 0 amide bonds. The van der Waals surface area contributed by atoms with Crippen LogP contribution in [-0.2, 0) is 21.7 Å². The van der Waals surface area contributed by atoms with E-state index in [1.165, 1.54) is 61.0 Å². The van der Waals surface area contributed by atoms with E-state index in [1.54, 1.807) is 0 Å². The Balaban J connectivity index is 0.956. The Hall–Kier alpha value is -9.67. The number of benzene rings is 10. The molecular weight excluding hydrogens is 1020 g/mol. The molecular formula is C79H68N4O+2. The highest BCUT2D eigenvalue weighted by Crippen LogP contribution is 2.57. The van der Waals surface area contributed by atoms with Gasteiger partial charge >= 0.3 is 6.01 Å². The fourth-order valence-electron chi connectivity index (χ4n) is 13.0. The van der Waals surface area contributed by atoms with Crippen LogP contribution < -0.4 is 13.9 Å². The lowest BCUT2D eigenvalue weighted by Crippen LogP contribution is -2.28. The third-order valence-electron chi connectivity index (χ3n) is 17.4. The van der Waals surface area contributed by atoms with Crippen molar-refractivity contribution in [1.82, 2.24) is 18.7 Å². The summed E-state index contributed by atoms with van der Waals surface area (Å²) in [5.74, 6) is 2.34. The maximum atomic E-state index is 6.91. The number of fused-ring (bicyclic) bond motifs is 7. The Labute approximate surface area is 493 Å². The van der Waals surface area contributed by atoms with Gasteiger partial charge in [-0.25, -0.2) is 4.98 Å². The lowest BCUT2D eigenvalue weighted by Gasteiger charge is -2.33. The van der Waals surface area contributed by atoms with Crippen LogP contribution in [0.3, 0.4) is 0 Å². The van der Waals surface area contributed by atoms with Gasteiger partial charge in [0.15, 0.2) is 0 Å². The van der Waals surface area contributed by atoms with E-state index in [1.807, 2.05) is 12.3 Å². The molecule has 5 nitrogen and oxygen atoms in total. The van der Waals surface area contributed by atoms with Crippen molar-refractivity contribution in [2.45, 2.75) is 84.0 Å². The number of aromatic nitrogens is 2. The molecule has 12 aromatic rings. The highest BCUT2D eigenvalue weighted by molar-refractivity contribution is 6.09. The molecule has 3 heterocycles. The smallest absolute Gasteiger partial charge is 0.457 e. The van der Waals surface area contributed by atoms with E-state index < -0.39 is 5.41 Å². The summed E-state index contributed by atoms with van der Waals surface area (Å²) in [4.78, 5) is 4.94. The van der Waals surface area contributed by atoms with Crippen molar-refractivity contribution in [3.63, 3.8) is 0 Å². The van der Waals surface area contributed by atoms with Gasteiger partial charge < -0.3 is 4.74 Å². The van der Waals surface area contributed by atoms with E-state index in [0.29, 0.717) is 0 Å². The first-order valence-corrected chi connectivity index (χ1v) is 29.4. The zero-order chi connectivity index (χ0) is 57.7.